The van der Waals surface area contributed by atoms with E-state index in [9.17, 15) is 4.79 Å². The molecular formula is C5H9NO2. The summed E-state index contributed by atoms with van der Waals surface area (Å²) in [4.78, 5) is 9.95. The minimum atomic E-state index is -0.607. The molecule has 0 unspecified atom stereocenters. The Labute approximate surface area is 47.8 Å². The minimum absolute atomic E-state index is 0.0255. The summed E-state index contributed by atoms with van der Waals surface area (Å²) in [6.07, 6.45) is 1.45. The van der Waals surface area contributed by atoms with Crippen LogP contribution in [0.15, 0.2) is 11.8 Å². The molecule has 0 heterocycles. The van der Waals surface area contributed by atoms with Crippen LogP contribution in [0.2, 0.25) is 0 Å². The summed E-state index contributed by atoms with van der Waals surface area (Å²) in [6.45, 7) is 1.73. The normalized spacial score (nSPS) is 11.4. The highest BCUT2D eigenvalue weighted by Gasteiger charge is 1.88. The van der Waals surface area contributed by atoms with Crippen LogP contribution in [0.5, 0.6) is 0 Å². The molecule has 0 aliphatic heterocycles. The third-order valence-corrected chi connectivity index (χ3v) is 0.671. The Morgan fingerprint density at radius 2 is 2.38 bits per heavy atom. The van der Waals surface area contributed by atoms with E-state index in [0.717, 1.165) is 6.08 Å². The largest absolute Gasteiger partial charge is 0.512 e. The molecule has 0 aromatic rings. The van der Waals surface area contributed by atoms with Crippen LogP contribution < -0.4 is 5.73 Å². The quantitative estimate of drug-likeness (QED) is 0.402. The molecule has 0 aromatic heterocycles. The van der Waals surface area contributed by atoms with Crippen LogP contribution in [-0.2, 0) is 4.79 Å². The summed E-state index contributed by atoms with van der Waals surface area (Å²) in [5.74, 6) is -0.582. The smallest absolute Gasteiger partial charge is 0.244 e. The van der Waals surface area contributed by atoms with E-state index in [0.29, 0.717) is 6.42 Å². The van der Waals surface area contributed by atoms with Gasteiger partial charge in [-0.1, -0.05) is 6.92 Å². The summed E-state index contributed by atoms with van der Waals surface area (Å²) < 4.78 is 0. The molecule has 0 aromatic carbocycles. The van der Waals surface area contributed by atoms with E-state index in [-0.39, 0.29) is 5.76 Å². The third-order valence-electron chi connectivity index (χ3n) is 0.671. The number of hydrogen-bond acceptors (Lipinski definition) is 2. The SMILES string of the molecule is CC/C(O)=C/C(N)=O. The predicted molar refractivity (Wildman–Crippen MR) is 30.2 cm³/mol. The van der Waals surface area contributed by atoms with Gasteiger partial charge in [0.05, 0.1) is 5.76 Å². The lowest BCUT2D eigenvalue weighted by Crippen LogP contribution is -2.06. The van der Waals surface area contributed by atoms with Crippen molar-refractivity contribution < 1.29 is 9.90 Å². The van der Waals surface area contributed by atoms with Gasteiger partial charge in [-0.05, 0) is 0 Å². The average Bonchev–Trinajstić information content (AvgIpc) is 1.65. The maximum absolute atomic E-state index is 9.95. The van der Waals surface area contributed by atoms with Crippen molar-refractivity contribution in [3.8, 4) is 0 Å². The predicted octanol–water partition coefficient (Wildman–Crippen LogP) is 0.324. The van der Waals surface area contributed by atoms with Crippen molar-refractivity contribution in [2.24, 2.45) is 5.73 Å². The lowest BCUT2D eigenvalue weighted by molar-refractivity contribution is -0.113. The number of hydrogen-bond donors (Lipinski definition) is 2. The third kappa shape index (κ3) is 3.21. The van der Waals surface area contributed by atoms with Crippen molar-refractivity contribution in [3.63, 3.8) is 0 Å². The molecule has 8 heavy (non-hydrogen) atoms. The maximum atomic E-state index is 9.95. The zero-order valence-corrected chi connectivity index (χ0v) is 4.72. The molecule has 0 aliphatic carbocycles. The molecule has 0 atom stereocenters. The number of primary amides is 1. The lowest BCUT2D eigenvalue weighted by atomic mass is 10.3. The zero-order chi connectivity index (χ0) is 6.57. The number of aliphatic hydroxyl groups excluding tert-OH is 1. The Morgan fingerprint density at radius 1 is 1.88 bits per heavy atom. The van der Waals surface area contributed by atoms with Gasteiger partial charge in [-0.15, -0.1) is 0 Å². The topological polar surface area (TPSA) is 63.3 Å². The fourth-order valence-electron chi connectivity index (χ4n) is 0.266. The molecule has 3 N–H and O–H groups in total. The molecule has 0 spiro atoms. The minimum Gasteiger partial charge on any atom is -0.512 e. The number of carbonyl (C=O) groups is 1. The highest BCUT2D eigenvalue weighted by atomic mass is 16.3. The van der Waals surface area contributed by atoms with Crippen LogP contribution in [-0.4, -0.2) is 11.0 Å². The molecule has 0 bridgehead atoms. The van der Waals surface area contributed by atoms with Crippen molar-refractivity contribution in [2.75, 3.05) is 0 Å². The van der Waals surface area contributed by atoms with Gasteiger partial charge in [-0.25, -0.2) is 0 Å². The van der Waals surface area contributed by atoms with Gasteiger partial charge in [-0.3, -0.25) is 4.79 Å². The van der Waals surface area contributed by atoms with Gasteiger partial charge >= 0.3 is 0 Å². The number of allylic oxidation sites excluding steroid dienone is 1. The fourth-order valence-corrected chi connectivity index (χ4v) is 0.266. The molecule has 0 saturated carbocycles. The zero-order valence-electron chi connectivity index (χ0n) is 4.72. The summed E-state index contributed by atoms with van der Waals surface area (Å²) in [5.41, 5.74) is 4.69. The van der Waals surface area contributed by atoms with Crippen molar-refractivity contribution in [2.45, 2.75) is 13.3 Å². The molecule has 3 nitrogen and oxygen atoms in total. The summed E-state index contributed by atoms with van der Waals surface area (Å²) in [6, 6.07) is 0. The number of nitrogens with two attached hydrogens (primary N) is 1. The highest BCUT2D eigenvalue weighted by Crippen LogP contribution is 1.90. The number of carbonyl (C=O) groups excluding carboxylic acids is 1. The van der Waals surface area contributed by atoms with E-state index < -0.39 is 5.91 Å². The van der Waals surface area contributed by atoms with E-state index in [1.165, 1.54) is 0 Å². The number of rotatable bonds is 2. The number of aliphatic hydroxyl groups is 1. The summed E-state index contributed by atoms with van der Waals surface area (Å²) in [7, 11) is 0. The van der Waals surface area contributed by atoms with Gasteiger partial charge in [0.25, 0.3) is 0 Å². The first-order valence-electron chi connectivity index (χ1n) is 2.35. The number of amides is 1. The van der Waals surface area contributed by atoms with Crippen LogP contribution in [0.3, 0.4) is 0 Å². The first-order valence-corrected chi connectivity index (χ1v) is 2.35. The summed E-state index contributed by atoms with van der Waals surface area (Å²) >= 11 is 0. The Balaban J connectivity index is 3.75. The molecule has 3 heteroatoms. The van der Waals surface area contributed by atoms with Crippen LogP contribution >= 0.6 is 0 Å². The Hall–Kier alpha value is -0.990. The maximum Gasteiger partial charge on any atom is 0.244 e. The van der Waals surface area contributed by atoms with Gasteiger partial charge in [0.1, 0.15) is 0 Å². The fraction of sp³-hybridized carbons (Fsp3) is 0.400. The second kappa shape index (κ2) is 3.07. The van der Waals surface area contributed by atoms with Crippen LogP contribution in [0.1, 0.15) is 13.3 Å². The van der Waals surface area contributed by atoms with Crippen LogP contribution in [0.25, 0.3) is 0 Å². The molecule has 0 saturated heterocycles. The van der Waals surface area contributed by atoms with E-state index >= 15 is 0 Å². The van der Waals surface area contributed by atoms with Crippen molar-refractivity contribution in [1.82, 2.24) is 0 Å². The highest BCUT2D eigenvalue weighted by molar-refractivity contribution is 5.86. The average molecular weight is 115 g/mol. The first kappa shape index (κ1) is 7.01. The first-order chi connectivity index (χ1) is 3.66. The summed E-state index contributed by atoms with van der Waals surface area (Å²) in [5, 5.41) is 8.59. The van der Waals surface area contributed by atoms with E-state index in [1.807, 2.05) is 0 Å². The Morgan fingerprint density at radius 3 is 2.50 bits per heavy atom. The lowest BCUT2D eigenvalue weighted by Gasteiger charge is -1.87. The van der Waals surface area contributed by atoms with Gasteiger partial charge < -0.3 is 10.8 Å². The molecule has 1 amide bonds. The van der Waals surface area contributed by atoms with Crippen LogP contribution in [0, 0.1) is 0 Å². The van der Waals surface area contributed by atoms with Gasteiger partial charge in [-0.2, -0.15) is 0 Å². The van der Waals surface area contributed by atoms with Gasteiger partial charge in [0.2, 0.25) is 5.91 Å². The Bertz CT molecular complexity index is 118. The van der Waals surface area contributed by atoms with Crippen molar-refractivity contribution >= 4 is 5.91 Å². The van der Waals surface area contributed by atoms with Crippen molar-refractivity contribution in [3.05, 3.63) is 11.8 Å². The molecule has 0 rings (SSSR count). The van der Waals surface area contributed by atoms with E-state index in [4.69, 9.17) is 10.8 Å². The standard InChI is InChI=1S/C5H9NO2/c1-2-4(7)3-5(6)8/h3,7H,2H2,1H3,(H2,6,8)/b4-3-. The molecule has 0 fully saturated rings. The second-order valence-electron chi connectivity index (χ2n) is 1.39. The second-order valence-corrected chi connectivity index (χ2v) is 1.39. The molecule has 46 valence electrons. The Kier molecular flexibility index (Phi) is 2.69. The molecular weight excluding hydrogens is 106 g/mol. The monoisotopic (exact) mass is 115 g/mol. The molecule has 0 radical (unpaired) electrons. The van der Waals surface area contributed by atoms with E-state index in [1.54, 1.807) is 6.92 Å². The van der Waals surface area contributed by atoms with Gasteiger partial charge in [0.15, 0.2) is 0 Å². The molecule has 0 aliphatic rings. The van der Waals surface area contributed by atoms with Crippen LogP contribution in [0.4, 0.5) is 0 Å². The van der Waals surface area contributed by atoms with E-state index in [2.05, 4.69) is 0 Å². The van der Waals surface area contributed by atoms with Crippen molar-refractivity contribution in [1.29, 1.82) is 0 Å². The van der Waals surface area contributed by atoms with Gasteiger partial charge in [0, 0.05) is 12.5 Å².